The summed E-state index contributed by atoms with van der Waals surface area (Å²) in [4.78, 5) is 20.8. The number of carbonyl (C=O) groups excluding carboxylic acids is 1. The van der Waals surface area contributed by atoms with Gasteiger partial charge in [-0.3, -0.25) is 4.79 Å². The molecule has 0 bridgehead atoms. The number of hydrogen-bond donors (Lipinski definition) is 2. The van der Waals surface area contributed by atoms with Crippen LogP contribution in [0, 0.1) is 6.92 Å². The van der Waals surface area contributed by atoms with Crippen molar-refractivity contribution in [2.45, 2.75) is 45.1 Å². The van der Waals surface area contributed by atoms with Crippen LogP contribution < -0.4 is 10.6 Å². The fourth-order valence-corrected chi connectivity index (χ4v) is 3.46. The molecule has 1 aliphatic rings. The lowest BCUT2D eigenvalue weighted by atomic mass is 9.95. The van der Waals surface area contributed by atoms with E-state index < -0.39 is 0 Å². The van der Waals surface area contributed by atoms with Gasteiger partial charge in [0.1, 0.15) is 0 Å². The molecular formula is C18H21BrN4O. The predicted octanol–water partition coefficient (Wildman–Crippen LogP) is 4.35. The summed E-state index contributed by atoms with van der Waals surface area (Å²) in [6.45, 7) is 2.03. The zero-order chi connectivity index (χ0) is 16.9. The van der Waals surface area contributed by atoms with Gasteiger partial charge in [0.25, 0.3) is 5.91 Å². The SMILES string of the molecule is Cc1ccc(Nc2ncc(C(=O)NC3CCCCC3)cn2)c(Br)c1. The smallest absolute Gasteiger partial charge is 0.254 e. The Kier molecular flexibility index (Phi) is 5.45. The molecule has 0 unspecified atom stereocenters. The molecule has 2 aromatic rings. The van der Waals surface area contributed by atoms with Crippen LogP contribution in [0.4, 0.5) is 11.6 Å². The van der Waals surface area contributed by atoms with Gasteiger partial charge >= 0.3 is 0 Å². The molecule has 1 amide bonds. The standard InChI is InChI=1S/C18H21BrN4O/c1-12-7-8-16(15(19)9-12)23-18-20-10-13(11-21-18)17(24)22-14-5-3-2-4-6-14/h7-11,14H,2-6H2,1H3,(H,22,24)(H,20,21,23). The van der Waals surface area contributed by atoms with Gasteiger partial charge in [0.15, 0.2) is 0 Å². The number of amides is 1. The van der Waals surface area contributed by atoms with Gasteiger partial charge in [-0.05, 0) is 53.4 Å². The lowest BCUT2D eigenvalue weighted by Crippen LogP contribution is -2.36. The number of anilines is 2. The maximum atomic E-state index is 12.3. The zero-order valence-electron chi connectivity index (χ0n) is 13.7. The molecule has 1 heterocycles. The van der Waals surface area contributed by atoms with Gasteiger partial charge in [-0.2, -0.15) is 0 Å². The summed E-state index contributed by atoms with van der Waals surface area (Å²) in [5, 5.41) is 6.22. The molecule has 0 atom stereocenters. The van der Waals surface area contributed by atoms with Crippen LogP contribution in [0.3, 0.4) is 0 Å². The molecule has 2 N–H and O–H groups in total. The molecule has 1 fully saturated rings. The van der Waals surface area contributed by atoms with Gasteiger partial charge in [0, 0.05) is 22.9 Å². The Morgan fingerprint density at radius 3 is 2.54 bits per heavy atom. The minimum absolute atomic E-state index is 0.0926. The number of hydrogen-bond acceptors (Lipinski definition) is 4. The third-order valence-electron chi connectivity index (χ3n) is 4.23. The van der Waals surface area contributed by atoms with Crippen molar-refractivity contribution in [2.75, 3.05) is 5.32 Å². The van der Waals surface area contributed by atoms with Crippen molar-refractivity contribution < 1.29 is 4.79 Å². The van der Waals surface area contributed by atoms with E-state index in [1.54, 1.807) is 12.4 Å². The van der Waals surface area contributed by atoms with Gasteiger partial charge in [0.2, 0.25) is 5.95 Å². The molecule has 126 valence electrons. The molecule has 0 spiro atoms. The van der Waals surface area contributed by atoms with E-state index in [0.29, 0.717) is 11.5 Å². The largest absolute Gasteiger partial charge is 0.349 e. The third kappa shape index (κ3) is 4.32. The van der Waals surface area contributed by atoms with Crippen molar-refractivity contribution in [3.05, 3.63) is 46.2 Å². The van der Waals surface area contributed by atoms with Crippen molar-refractivity contribution in [3.63, 3.8) is 0 Å². The van der Waals surface area contributed by atoms with Crippen molar-refractivity contribution >= 4 is 33.5 Å². The Bertz CT molecular complexity index is 711. The lowest BCUT2D eigenvalue weighted by molar-refractivity contribution is 0.0927. The normalized spacial score (nSPS) is 15.1. The second kappa shape index (κ2) is 7.75. The third-order valence-corrected chi connectivity index (χ3v) is 4.88. The molecule has 3 rings (SSSR count). The molecule has 5 nitrogen and oxygen atoms in total. The van der Waals surface area contributed by atoms with Crippen LogP contribution in [-0.2, 0) is 0 Å². The number of carbonyl (C=O) groups is 1. The fraction of sp³-hybridized carbons (Fsp3) is 0.389. The average molecular weight is 389 g/mol. The minimum Gasteiger partial charge on any atom is -0.349 e. The molecule has 1 aliphatic carbocycles. The first-order valence-electron chi connectivity index (χ1n) is 8.28. The summed E-state index contributed by atoms with van der Waals surface area (Å²) in [7, 11) is 0. The number of aromatic nitrogens is 2. The number of rotatable bonds is 4. The molecule has 1 aromatic carbocycles. The first kappa shape index (κ1) is 16.9. The van der Waals surface area contributed by atoms with Crippen molar-refractivity contribution in [1.29, 1.82) is 0 Å². The van der Waals surface area contributed by atoms with Gasteiger partial charge in [-0.1, -0.05) is 25.3 Å². The highest BCUT2D eigenvalue weighted by atomic mass is 79.9. The molecular weight excluding hydrogens is 368 g/mol. The van der Waals surface area contributed by atoms with E-state index >= 15 is 0 Å². The molecule has 6 heteroatoms. The van der Waals surface area contributed by atoms with Crippen LogP contribution in [0.5, 0.6) is 0 Å². The molecule has 0 radical (unpaired) electrons. The van der Waals surface area contributed by atoms with E-state index in [0.717, 1.165) is 23.0 Å². The predicted molar refractivity (Wildman–Crippen MR) is 98.5 cm³/mol. The van der Waals surface area contributed by atoms with Crippen LogP contribution >= 0.6 is 15.9 Å². The molecule has 0 saturated heterocycles. The maximum absolute atomic E-state index is 12.3. The number of nitrogens with one attached hydrogen (secondary N) is 2. The van der Waals surface area contributed by atoms with Crippen LogP contribution in [0.15, 0.2) is 35.1 Å². The molecule has 0 aliphatic heterocycles. The van der Waals surface area contributed by atoms with E-state index in [9.17, 15) is 4.79 Å². The Hall–Kier alpha value is -1.95. The van der Waals surface area contributed by atoms with Crippen LogP contribution in [0.1, 0.15) is 48.0 Å². The first-order chi connectivity index (χ1) is 11.6. The van der Waals surface area contributed by atoms with Gasteiger partial charge in [-0.15, -0.1) is 0 Å². The van der Waals surface area contributed by atoms with Crippen LogP contribution in [0.2, 0.25) is 0 Å². The lowest BCUT2D eigenvalue weighted by Gasteiger charge is -2.22. The van der Waals surface area contributed by atoms with Crippen molar-refractivity contribution in [1.82, 2.24) is 15.3 Å². The number of aryl methyl sites for hydroxylation is 1. The Morgan fingerprint density at radius 1 is 1.17 bits per heavy atom. The maximum Gasteiger partial charge on any atom is 0.254 e. The topological polar surface area (TPSA) is 66.9 Å². The summed E-state index contributed by atoms with van der Waals surface area (Å²) >= 11 is 3.52. The van der Waals surface area contributed by atoms with Crippen molar-refractivity contribution in [3.8, 4) is 0 Å². The van der Waals surface area contributed by atoms with E-state index in [1.165, 1.54) is 24.8 Å². The van der Waals surface area contributed by atoms with E-state index in [2.05, 4.69) is 36.5 Å². The molecule has 1 aromatic heterocycles. The first-order valence-corrected chi connectivity index (χ1v) is 9.07. The Morgan fingerprint density at radius 2 is 1.88 bits per heavy atom. The summed E-state index contributed by atoms with van der Waals surface area (Å²) in [6, 6.07) is 6.28. The van der Waals surface area contributed by atoms with Crippen LogP contribution in [-0.4, -0.2) is 21.9 Å². The van der Waals surface area contributed by atoms with Crippen molar-refractivity contribution in [2.24, 2.45) is 0 Å². The Balaban J connectivity index is 1.63. The van der Waals surface area contributed by atoms with Gasteiger partial charge in [-0.25, -0.2) is 9.97 Å². The highest BCUT2D eigenvalue weighted by Gasteiger charge is 2.17. The van der Waals surface area contributed by atoms with E-state index in [1.807, 2.05) is 25.1 Å². The summed E-state index contributed by atoms with van der Waals surface area (Å²) in [6.07, 6.45) is 8.91. The fourth-order valence-electron chi connectivity index (χ4n) is 2.87. The molecule has 1 saturated carbocycles. The second-order valence-corrected chi connectivity index (χ2v) is 7.07. The quantitative estimate of drug-likeness (QED) is 0.816. The summed E-state index contributed by atoms with van der Waals surface area (Å²) < 4.78 is 0.949. The number of benzene rings is 1. The van der Waals surface area contributed by atoms with Crippen LogP contribution in [0.25, 0.3) is 0 Å². The highest BCUT2D eigenvalue weighted by molar-refractivity contribution is 9.10. The summed E-state index contributed by atoms with van der Waals surface area (Å²) in [5.41, 5.74) is 2.55. The van der Waals surface area contributed by atoms with E-state index in [-0.39, 0.29) is 11.9 Å². The number of nitrogens with zero attached hydrogens (tertiary/aromatic N) is 2. The minimum atomic E-state index is -0.0926. The molecule has 24 heavy (non-hydrogen) atoms. The Labute approximate surface area is 150 Å². The summed E-state index contributed by atoms with van der Waals surface area (Å²) in [5.74, 6) is 0.374. The average Bonchev–Trinajstić information content (AvgIpc) is 2.59. The number of halogens is 1. The van der Waals surface area contributed by atoms with Gasteiger partial charge in [0.05, 0.1) is 11.3 Å². The zero-order valence-corrected chi connectivity index (χ0v) is 15.3. The van der Waals surface area contributed by atoms with E-state index in [4.69, 9.17) is 0 Å². The second-order valence-electron chi connectivity index (χ2n) is 6.21. The monoisotopic (exact) mass is 388 g/mol. The van der Waals surface area contributed by atoms with Gasteiger partial charge < -0.3 is 10.6 Å². The highest BCUT2D eigenvalue weighted by Crippen LogP contribution is 2.25.